The van der Waals surface area contributed by atoms with Gasteiger partial charge in [-0.25, -0.2) is 4.79 Å². The molecule has 0 aliphatic carbocycles. The topological polar surface area (TPSA) is 79.0 Å². The van der Waals surface area contributed by atoms with E-state index < -0.39 is 6.04 Å². The van der Waals surface area contributed by atoms with Gasteiger partial charge in [-0.1, -0.05) is 35.9 Å². The molecule has 1 N–H and O–H groups in total. The number of amides is 2. The van der Waals surface area contributed by atoms with Crippen LogP contribution in [0.5, 0.6) is 0 Å². The Balaban J connectivity index is 1.66. The molecule has 3 rings (SSSR count). The van der Waals surface area contributed by atoms with Crippen LogP contribution < -0.4 is 5.32 Å². The SMILES string of the molecule is COC(=O)[C@H](c1ccccc1Cl)N1CCN(C(=O)C[C@H](NC(C)=O)c2cccs2)CC1. The second kappa shape index (κ2) is 10.7. The monoisotopic (exact) mass is 463 g/mol. The molecule has 166 valence electrons. The Labute approximate surface area is 190 Å². The Kier molecular flexibility index (Phi) is 8.06. The van der Waals surface area contributed by atoms with Gasteiger partial charge in [-0.3, -0.25) is 14.5 Å². The molecule has 1 saturated heterocycles. The summed E-state index contributed by atoms with van der Waals surface area (Å²) in [5.74, 6) is -0.577. The number of nitrogens with one attached hydrogen (secondary N) is 1. The van der Waals surface area contributed by atoms with Crippen molar-refractivity contribution in [3.8, 4) is 0 Å². The zero-order chi connectivity index (χ0) is 22.4. The van der Waals surface area contributed by atoms with Crippen LogP contribution in [0.2, 0.25) is 5.02 Å². The van der Waals surface area contributed by atoms with Gasteiger partial charge in [0.25, 0.3) is 0 Å². The van der Waals surface area contributed by atoms with Crippen LogP contribution >= 0.6 is 22.9 Å². The van der Waals surface area contributed by atoms with Gasteiger partial charge >= 0.3 is 5.97 Å². The van der Waals surface area contributed by atoms with Gasteiger partial charge in [0.15, 0.2) is 0 Å². The van der Waals surface area contributed by atoms with Crippen LogP contribution in [0.1, 0.15) is 35.9 Å². The molecular weight excluding hydrogens is 438 g/mol. The first kappa shape index (κ1) is 23.2. The van der Waals surface area contributed by atoms with Crippen molar-refractivity contribution >= 4 is 40.7 Å². The van der Waals surface area contributed by atoms with E-state index in [4.69, 9.17) is 16.3 Å². The molecule has 9 heteroatoms. The van der Waals surface area contributed by atoms with E-state index in [-0.39, 0.29) is 30.2 Å². The van der Waals surface area contributed by atoms with Crippen molar-refractivity contribution < 1.29 is 19.1 Å². The number of hydrogen-bond donors (Lipinski definition) is 1. The second-order valence-corrected chi connectivity index (χ2v) is 8.72. The number of esters is 1. The van der Waals surface area contributed by atoms with E-state index in [0.717, 1.165) is 4.88 Å². The maximum absolute atomic E-state index is 12.9. The fourth-order valence-corrected chi connectivity index (χ4v) is 4.79. The van der Waals surface area contributed by atoms with Crippen LogP contribution in [0.15, 0.2) is 41.8 Å². The van der Waals surface area contributed by atoms with Gasteiger partial charge in [0.1, 0.15) is 6.04 Å². The first-order valence-electron chi connectivity index (χ1n) is 10.0. The van der Waals surface area contributed by atoms with Gasteiger partial charge in [-0.2, -0.15) is 0 Å². The normalized spacial score (nSPS) is 16.4. The number of piperazine rings is 1. The van der Waals surface area contributed by atoms with Gasteiger partial charge in [-0.15, -0.1) is 11.3 Å². The van der Waals surface area contributed by atoms with Crippen LogP contribution in [0.25, 0.3) is 0 Å². The molecule has 1 fully saturated rings. The van der Waals surface area contributed by atoms with Crippen molar-refractivity contribution in [2.24, 2.45) is 0 Å². The number of benzene rings is 1. The summed E-state index contributed by atoms with van der Waals surface area (Å²) in [6.07, 6.45) is 0.199. The number of thiophene rings is 1. The highest BCUT2D eigenvalue weighted by Gasteiger charge is 2.34. The summed E-state index contributed by atoms with van der Waals surface area (Å²) in [4.78, 5) is 41.7. The minimum absolute atomic E-state index is 0.0286. The summed E-state index contributed by atoms with van der Waals surface area (Å²) < 4.78 is 5.02. The van der Waals surface area contributed by atoms with Crippen molar-refractivity contribution in [3.63, 3.8) is 0 Å². The summed E-state index contributed by atoms with van der Waals surface area (Å²) in [7, 11) is 1.36. The molecule has 2 atom stereocenters. The summed E-state index contributed by atoms with van der Waals surface area (Å²) in [5.41, 5.74) is 0.694. The van der Waals surface area contributed by atoms with Gasteiger partial charge in [-0.05, 0) is 23.1 Å². The van der Waals surface area contributed by atoms with E-state index >= 15 is 0 Å². The van der Waals surface area contributed by atoms with E-state index in [1.54, 1.807) is 11.0 Å². The van der Waals surface area contributed by atoms with Gasteiger partial charge in [0.05, 0.1) is 19.6 Å². The van der Waals surface area contributed by atoms with Crippen LogP contribution in [-0.4, -0.2) is 60.9 Å². The minimum Gasteiger partial charge on any atom is -0.468 e. The van der Waals surface area contributed by atoms with Crippen LogP contribution in [0, 0.1) is 0 Å². The van der Waals surface area contributed by atoms with Gasteiger partial charge < -0.3 is 15.0 Å². The second-order valence-electron chi connectivity index (χ2n) is 7.34. The van der Waals surface area contributed by atoms with Crippen LogP contribution in [0.3, 0.4) is 0 Å². The van der Waals surface area contributed by atoms with Crippen LogP contribution in [-0.2, 0) is 19.1 Å². The van der Waals surface area contributed by atoms with Crippen LogP contribution in [0.4, 0.5) is 0 Å². The van der Waals surface area contributed by atoms with Crippen molar-refractivity contribution in [2.45, 2.75) is 25.4 Å². The smallest absolute Gasteiger partial charge is 0.327 e. The Bertz CT molecular complexity index is 913. The van der Waals surface area contributed by atoms with E-state index in [9.17, 15) is 14.4 Å². The van der Waals surface area contributed by atoms with Crippen molar-refractivity contribution in [3.05, 3.63) is 57.2 Å². The quantitative estimate of drug-likeness (QED) is 0.638. The number of nitrogens with zero attached hydrogens (tertiary/aromatic N) is 2. The lowest BCUT2D eigenvalue weighted by atomic mass is 10.0. The maximum Gasteiger partial charge on any atom is 0.327 e. The molecule has 0 radical (unpaired) electrons. The molecule has 1 aliphatic heterocycles. The fourth-order valence-electron chi connectivity index (χ4n) is 3.77. The van der Waals surface area contributed by atoms with E-state index in [0.29, 0.717) is 36.8 Å². The zero-order valence-corrected chi connectivity index (χ0v) is 19.1. The standard InChI is InChI=1S/C22H26ClN3O4S/c1-15(27)24-18(19-8-5-13-31-19)14-20(28)25-9-11-26(12-10-25)21(22(29)30-2)16-6-3-4-7-17(16)23/h3-8,13,18,21H,9-12,14H2,1-2H3,(H,24,27)/t18-,21-/m0/s1. The predicted molar refractivity (Wildman–Crippen MR) is 120 cm³/mol. The molecule has 31 heavy (non-hydrogen) atoms. The summed E-state index contributed by atoms with van der Waals surface area (Å²) in [6, 6.07) is 10.1. The Morgan fingerprint density at radius 2 is 1.84 bits per heavy atom. The Morgan fingerprint density at radius 3 is 2.42 bits per heavy atom. The average molecular weight is 464 g/mol. The third-order valence-corrected chi connectivity index (χ3v) is 6.63. The predicted octanol–water partition coefficient (Wildman–Crippen LogP) is 3.03. The lowest BCUT2D eigenvalue weighted by Gasteiger charge is -2.38. The molecule has 2 heterocycles. The number of ether oxygens (including phenoxy) is 1. The number of carbonyl (C=O) groups excluding carboxylic acids is 3. The lowest BCUT2D eigenvalue weighted by molar-refractivity contribution is -0.148. The first-order valence-corrected chi connectivity index (χ1v) is 11.3. The molecule has 1 aromatic carbocycles. The maximum atomic E-state index is 12.9. The number of methoxy groups -OCH3 is 1. The number of halogens is 1. The molecule has 2 amide bonds. The Hall–Kier alpha value is -2.42. The summed E-state index contributed by atoms with van der Waals surface area (Å²) in [6.45, 7) is 3.44. The third-order valence-electron chi connectivity index (χ3n) is 5.30. The first-order chi connectivity index (χ1) is 14.9. The van der Waals surface area contributed by atoms with Crippen molar-refractivity contribution in [1.29, 1.82) is 0 Å². The van der Waals surface area contributed by atoms with Crippen molar-refractivity contribution in [2.75, 3.05) is 33.3 Å². The molecule has 1 aromatic heterocycles. The molecule has 1 aliphatic rings. The average Bonchev–Trinajstić information content (AvgIpc) is 3.29. The minimum atomic E-state index is -0.616. The number of hydrogen-bond acceptors (Lipinski definition) is 6. The molecular formula is C22H26ClN3O4S. The number of carbonyl (C=O) groups is 3. The zero-order valence-electron chi connectivity index (χ0n) is 17.5. The van der Waals surface area contributed by atoms with Gasteiger partial charge in [0.2, 0.25) is 11.8 Å². The number of rotatable bonds is 7. The van der Waals surface area contributed by atoms with E-state index in [1.165, 1.54) is 25.4 Å². The lowest BCUT2D eigenvalue weighted by Crippen LogP contribution is -2.51. The van der Waals surface area contributed by atoms with Gasteiger partial charge in [0, 0.05) is 43.0 Å². The molecule has 0 saturated carbocycles. The molecule has 2 aromatic rings. The molecule has 7 nitrogen and oxygen atoms in total. The highest BCUT2D eigenvalue weighted by atomic mass is 35.5. The molecule has 0 spiro atoms. The largest absolute Gasteiger partial charge is 0.468 e. The Morgan fingerprint density at radius 1 is 1.13 bits per heavy atom. The van der Waals surface area contributed by atoms with Crippen molar-refractivity contribution in [1.82, 2.24) is 15.1 Å². The highest BCUT2D eigenvalue weighted by molar-refractivity contribution is 7.10. The fraction of sp³-hybridized carbons (Fsp3) is 0.409. The molecule has 0 bridgehead atoms. The molecule has 0 unspecified atom stereocenters. The summed E-state index contributed by atoms with van der Waals surface area (Å²) >= 11 is 7.85. The highest BCUT2D eigenvalue weighted by Crippen LogP contribution is 2.30. The van der Waals surface area contributed by atoms with E-state index in [2.05, 4.69) is 5.32 Å². The third kappa shape index (κ3) is 5.84. The van der Waals surface area contributed by atoms with E-state index in [1.807, 2.05) is 40.6 Å². The summed E-state index contributed by atoms with van der Waals surface area (Å²) in [5, 5.41) is 5.30.